The summed E-state index contributed by atoms with van der Waals surface area (Å²) in [5.41, 5.74) is -0.680. The van der Waals surface area contributed by atoms with Gasteiger partial charge in [0.2, 0.25) is 0 Å². The van der Waals surface area contributed by atoms with Gasteiger partial charge >= 0.3 is 6.18 Å². The molecule has 1 rings (SSSR count). The molecule has 0 radical (unpaired) electrons. The summed E-state index contributed by atoms with van der Waals surface area (Å²) in [6, 6.07) is 0. The molecule has 0 aliphatic carbocycles. The van der Waals surface area contributed by atoms with E-state index in [1.54, 1.807) is 22.6 Å². The van der Waals surface area contributed by atoms with Crippen molar-refractivity contribution in [1.29, 1.82) is 0 Å². The van der Waals surface area contributed by atoms with Crippen LogP contribution in [0.2, 0.25) is 0 Å². The molecule has 0 saturated carbocycles. The van der Waals surface area contributed by atoms with Crippen molar-refractivity contribution in [2.75, 3.05) is 0 Å². The van der Waals surface area contributed by atoms with Crippen LogP contribution in [-0.2, 0) is 13.2 Å². The van der Waals surface area contributed by atoms with Gasteiger partial charge in [-0.2, -0.15) is 18.3 Å². The maximum Gasteiger partial charge on any atom is 0.420 e. The molecule has 0 fully saturated rings. The number of alkyl halides is 3. The van der Waals surface area contributed by atoms with Gasteiger partial charge in [-0.25, -0.2) is 0 Å². The molecule has 0 saturated heterocycles. The molecule has 0 bridgehead atoms. The Labute approximate surface area is 74.5 Å². The van der Waals surface area contributed by atoms with Crippen molar-refractivity contribution in [2.45, 2.75) is 6.18 Å². The lowest BCUT2D eigenvalue weighted by Crippen LogP contribution is -2.04. The van der Waals surface area contributed by atoms with Crippen molar-refractivity contribution in [3.8, 4) is 0 Å². The molecule has 1 heterocycles. The molecule has 0 spiro atoms. The molecular formula is C5H4F3IN2. The van der Waals surface area contributed by atoms with E-state index >= 15 is 0 Å². The minimum atomic E-state index is -4.29. The van der Waals surface area contributed by atoms with E-state index in [1.807, 2.05) is 0 Å². The molecule has 0 N–H and O–H groups in total. The highest BCUT2D eigenvalue weighted by Gasteiger charge is 2.34. The van der Waals surface area contributed by atoms with Gasteiger partial charge in [0.15, 0.2) is 0 Å². The van der Waals surface area contributed by atoms with Crippen molar-refractivity contribution in [3.05, 3.63) is 15.5 Å². The fourth-order valence-corrected chi connectivity index (χ4v) is 1.44. The molecule has 0 amide bonds. The summed E-state index contributed by atoms with van der Waals surface area (Å²) >= 11 is 1.55. The normalized spacial score (nSPS) is 12.1. The summed E-state index contributed by atoms with van der Waals surface area (Å²) in [6.07, 6.45) is -3.33. The van der Waals surface area contributed by atoms with Gasteiger partial charge in [-0.3, -0.25) is 4.68 Å². The SMILES string of the molecule is Cn1cc(C(F)(F)F)c(I)n1. The van der Waals surface area contributed by atoms with Crippen LogP contribution < -0.4 is 0 Å². The number of nitrogens with zero attached hydrogens (tertiary/aromatic N) is 2. The van der Waals surface area contributed by atoms with Crippen LogP contribution in [0.1, 0.15) is 5.56 Å². The molecule has 1 aromatic rings. The van der Waals surface area contributed by atoms with Gasteiger partial charge in [0, 0.05) is 13.2 Å². The maximum absolute atomic E-state index is 12.0. The first kappa shape index (κ1) is 8.82. The Hall–Kier alpha value is -0.270. The van der Waals surface area contributed by atoms with Crippen molar-refractivity contribution in [2.24, 2.45) is 7.05 Å². The second kappa shape index (κ2) is 2.65. The van der Waals surface area contributed by atoms with Crippen LogP contribution in [0.15, 0.2) is 6.20 Å². The fourth-order valence-electron chi connectivity index (χ4n) is 0.651. The summed E-state index contributed by atoms with van der Waals surface area (Å²) < 4.78 is 37.1. The quantitative estimate of drug-likeness (QED) is 0.663. The first-order valence-electron chi connectivity index (χ1n) is 2.67. The Bertz CT molecular complexity index is 265. The van der Waals surface area contributed by atoms with Crippen LogP contribution in [0.25, 0.3) is 0 Å². The topological polar surface area (TPSA) is 17.8 Å². The standard InChI is InChI=1S/C5H4F3IN2/c1-11-2-3(4(9)10-11)5(6,7)8/h2H,1H3. The number of rotatable bonds is 0. The van der Waals surface area contributed by atoms with Gasteiger partial charge < -0.3 is 0 Å². The van der Waals surface area contributed by atoms with E-state index in [9.17, 15) is 13.2 Å². The lowest BCUT2D eigenvalue weighted by Gasteiger charge is -2.01. The highest BCUT2D eigenvalue weighted by Crippen LogP contribution is 2.31. The predicted octanol–water partition coefficient (Wildman–Crippen LogP) is 2.04. The smallest absolute Gasteiger partial charge is 0.274 e. The van der Waals surface area contributed by atoms with Crippen LogP contribution >= 0.6 is 22.6 Å². The zero-order valence-corrected chi connectivity index (χ0v) is 7.64. The molecule has 0 unspecified atom stereocenters. The second-order valence-electron chi connectivity index (χ2n) is 2.01. The summed E-state index contributed by atoms with van der Waals surface area (Å²) in [7, 11) is 1.46. The Morgan fingerprint density at radius 2 is 2.09 bits per heavy atom. The van der Waals surface area contributed by atoms with Gasteiger partial charge in [0.1, 0.15) is 9.26 Å². The molecule has 62 valence electrons. The van der Waals surface area contributed by atoms with E-state index in [1.165, 1.54) is 7.05 Å². The van der Waals surface area contributed by atoms with Crippen LogP contribution in [0, 0.1) is 3.70 Å². The van der Waals surface area contributed by atoms with Gasteiger partial charge in [0.25, 0.3) is 0 Å². The Balaban J connectivity index is 3.13. The predicted molar refractivity (Wildman–Crippen MR) is 40.9 cm³/mol. The van der Waals surface area contributed by atoms with Crippen LogP contribution in [0.4, 0.5) is 13.2 Å². The summed E-state index contributed by atoms with van der Waals surface area (Å²) in [5.74, 6) is 0. The molecule has 0 aliphatic rings. The van der Waals surface area contributed by atoms with Crippen molar-refractivity contribution < 1.29 is 13.2 Å². The minimum Gasteiger partial charge on any atom is -0.274 e. The monoisotopic (exact) mass is 276 g/mol. The highest BCUT2D eigenvalue weighted by molar-refractivity contribution is 14.1. The van der Waals surface area contributed by atoms with Crippen molar-refractivity contribution in [1.82, 2.24) is 9.78 Å². The molecule has 11 heavy (non-hydrogen) atoms. The molecular weight excluding hydrogens is 272 g/mol. The van der Waals surface area contributed by atoms with Gasteiger partial charge in [-0.1, -0.05) is 0 Å². The molecule has 6 heteroatoms. The first-order valence-corrected chi connectivity index (χ1v) is 3.75. The summed E-state index contributed by atoms with van der Waals surface area (Å²) in [4.78, 5) is 0. The number of halogens is 4. The van der Waals surface area contributed by atoms with Gasteiger partial charge in [-0.15, -0.1) is 0 Å². The van der Waals surface area contributed by atoms with E-state index in [0.717, 1.165) is 10.9 Å². The molecule has 0 aromatic carbocycles. The Morgan fingerprint density at radius 3 is 2.27 bits per heavy atom. The maximum atomic E-state index is 12.0. The third kappa shape index (κ3) is 1.85. The van der Waals surface area contributed by atoms with E-state index in [2.05, 4.69) is 5.10 Å². The average molecular weight is 276 g/mol. The molecule has 0 atom stereocenters. The Kier molecular flexibility index (Phi) is 2.13. The van der Waals surface area contributed by atoms with Crippen LogP contribution in [0.5, 0.6) is 0 Å². The highest BCUT2D eigenvalue weighted by atomic mass is 127. The second-order valence-corrected chi connectivity index (χ2v) is 3.03. The van der Waals surface area contributed by atoms with Crippen LogP contribution in [-0.4, -0.2) is 9.78 Å². The largest absolute Gasteiger partial charge is 0.420 e. The third-order valence-corrected chi connectivity index (χ3v) is 1.89. The van der Waals surface area contributed by atoms with E-state index < -0.39 is 11.7 Å². The third-order valence-electron chi connectivity index (χ3n) is 1.09. The molecule has 0 aliphatic heterocycles. The lowest BCUT2D eigenvalue weighted by molar-refractivity contribution is -0.138. The fraction of sp³-hybridized carbons (Fsp3) is 0.400. The number of hydrogen-bond acceptors (Lipinski definition) is 1. The molecule has 1 aromatic heterocycles. The van der Waals surface area contributed by atoms with Crippen molar-refractivity contribution >= 4 is 22.6 Å². The van der Waals surface area contributed by atoms with Crippen molar-refractivity contribution in [3.63, 3.8) is 0 Å². The Morgan fingerprint density at radius 1 is 1.55 bits per heavy atom. The number of aryl methyl sites for hydroxylation is 1. The van der Waals surface area contributed by atoms with Gasteiger partial charge in [0.05, 0.1) is 0 Å². The minimum absolute atomic E-state index is 0.0161. The van der Waals surface area contributed by atoms with E-state index in [4.69, 9.17) is 0 Å². The average Bonchev–Trinajstić information content (AvgIpc) is 2.08. The first-order chi connectivity index (χ1) is 4.91. The zero-order valence-electron chi connectivity index (χ0n) is 5.48. The van der Waals surface area contributed by atoms with E-state index in [-0.39, 0.29) is 3.70 Å². The number of aromatic nitrogens is 2. The van der Waals surface area contributed by atoms with E-state index in [0.29, 0.717) is 0 Å². The number of hydrogen-bond donors (Lipinski definition) is 0. The zero-order chi connectivity index (χ0) is 8.65. The van der Waals surface area contributed by atoms with Crippen LogP contribution in [0.3, 0.4) is 0 Å². The lowest BCUT2D eigenvalue weighted by atomic mass is 10.4. The van der Waals surface area contributed by atoms with Gasteiger partial charge in [-0.05, 0) is 22.6 Å². The summed E-state index contributed by atoms with van der Waals surface area (Å²) in [5, 5.41) is 3.56. The molecule has 2 nitrogen and oxygen atoms in total. The summed E-state index contributed by atoms with van der Waals surface area (Å²) in [6.45, 7) is 0.